The zero-order chi connectivity index (χ0) is 21.3. The predicted octanol–water partition coefficient (Wildman–Crippen LogP) is 3.80. The van der Waals surface area contributed by atoms with Crippen LogP contribution in [0.15, 0.2) is 30.3 Å². The van der Waals surface area contributed by atoms with Crippen molar-refractivity contribution < 1.29 is 33.2 Å². The zero-order valence-corrected chi connectivity index (χ0v) is 18.0. The second-order valence-electron chi connectivity index (χ2n) is 7.41. The summed E-state index contributed by atoms with van der Waals surface area (Å²) < 4.78 is 39.7. The Bertz CT molecular complexity index is 872. The second-order valence-corrected chi connectivity index (χ2v) is 7.41. The van der Waals surface area contributed by atoms with E-state index in [2.05, 4.69) is 0 Å². The molecule has 0 radical (unpaired) electrons. The van der Waals surface area contributed by atoms with Crippen LogP contribution < -0.4 is 23.7 Å². The van der Waals surface area contributed by atoms with Crippen LogP contribution in [0, 0.1) is 11.8 Å². The molecule has 0 unspecified atom stereocenters. The van der Waals surface area contributed by atoms with E-state index in [-0.39, 0.29) is 24.0 Å². The minimum absolute atomic E-state index is 0.0538. The summed E-state index contributed by atoms with van der Waals surface area (Å²) in [6, 6.07) is 9.84. The lowest BCUT2D eigenvalue weighted by Gasteiger charge is -2.20. The fraction of sp³-hybridized carbons (Fsp3) is 0.478. The fourth-order valence-electron chi connectivity index (χ4n) is 4.53. The molecule has 0 spiro atoms. The third-order valence-corrected chi connectivity index (χ3v) is 6.02. The summed E-state index contributed by atoms with van der Waals surface area (Å²) in [7, 11) is 8.10. The zero-order valence-electron chi connectivity index (χ0n) is 18.0. The van der Waals surface area contributed by atoms with Gasteiger partial charge in [-0.2, -0.15) is 0 Å². The lowest BCUT2D eigenvalue weighted by atomic mass is 9.84. The maximum Gasteiger partial charge on any atom is 0.203 e. The van der Waals surface area contributed by atoms with E-state index in [1.807, 2.05) is 30.3 Å². The van der Waals surface area contributed by atoms with Crippen molar-refractivity contribution in [3.8, 4) is 28.7 Å². The van der Waals surface area contributed by atoms with Crippen LogP contribution in [0.5, 0.6) is 28.7 Å². The molecule has 0 aromatic heterocycles. The number of methoxy groups -OCH3 is 5. The standard InChI is InChI=1S/C23H28O7/c1-24-17-7-6-13(8-18(17)25-2)21-15-11-30-22(16(15)12-29-21)14-9-19(26-3)23(28-5)20(10-14)27-4/h6-10,15-16,21-22H,11-12H2,1-5H3/t15-,16-,21+,22-/m0/s1. The Morgan fingerprint density at radius 1 is 0.600 bits per heavy atom. The molecule has 7 nitrogen and oxygen atoms in total. The van der Waals surface area contributed by atoms with Gasteiger partial charge in [-0.1, -0.05) is 6.07 Å². The van der Waals surface area contributed by atoms with E-state index in [0.717, 1.165) is 11.1 Å². The monoisotopic (exact) mass is 416 g/mol. The highest BCUT2D eigenvalue weighted by Gasteiger charge is 2.48. The van der Waals surface area contributed by atoms with Gasteiger partial charge in [-0.3, -0.25) is 0 Å². The first kappa shape index (κ1) is 20.6. The summed E-state index contributed by atoms with van der Waals surface area (Å²) in [5.74, 6) is 3.68. The average Bonchev–Trinajstić information content (AvgIpc) is 3.39. The molecule has 0 aliphatic carbocycles. The Balaban J connectivity index is 1.61. The Labute approximate surface area is 176 Å². The first-order chi connectivity index (χ1) is 14.6. The summed E-state index contributed by atoms with van der Waals surface area (Å²) >= 11 is 0. The first-order valence-electron chi connectivity index (χ1n) is 9.90. The molecule has 0 saturated carbocycles. The lowest BCUT2D eigenvalue weighted by Crippen LogP contribution is -2.15. The molecule has 7 heteroatoms. The Morgan fingerprint density at radius 2 is 1.10 bits per heavy atom. The Kier molecular flexibility index (Phi) is 5.92. The number of fused-ring (bicyclic) bond motifs is 1. The molecular formula is C23H28O7. The molecule has 4 rings (SSSR count). The maximum atomic E-state index is 6.24. The number of ether oxygens (including phenoxy) is 7. The van der Waals surface area contributed by atoms with E-state index >= 15 is 0 Å². The van der Waals surface area contributed by atoms with E-state index < -0.39 is 0 Å². The number of hydrogen-bond acceptors (Lipinski definition) is 7. The number of benzene rings is 2. The molecule has 2 saturated heterocycles. The van der Waals surface area contributed by atoms with E-state index in [1.165, 1.54) is 0 Å². The minimum Gasteiger partial charge on any atom is -0.493 e. The van der Waals surface area contributed by atoms with Gasteiger partial charge in [0.2, 0.25) is 5.75 Å². The van der Waals surface area contributed by atoms with Crippen LogP contribution in [-0.2, 0) is 9.47 Å². The summed E-state index contributed by atoms with van der Waals surface area (Å²) in [4.78, 5) is 0. The highest BCUT2D eigenvalue weighted by molar-refractivity contribution is 5.54. The van der Waals surface area contributed by atoms with E-state index in [1.54, 1.807) is 35.5 Å². The first-order valence-corrected chi connectivity index (χ1v) is 9.90. The normalized spacial score (nSPS) is 25.0. The largest absolute Gasteiger partial charge is 0.493 e. The third-order valence-electron chi connectivity index (χ3n) is 6.02. The molecule has 0 amide bonds. The molecule has 2 heterocycles. The summed E-state index contributed by atoms with van der Waals surface area (Å²) in [5, 5.41) is 0. The van der Waals surface area contributed by atoms with Gasteiger partial charge in [0.15, 0.2) is 23.0 Å². The molecule has 4 atom stereocenters. The van der Waals surface area contributed by atoms with Crippen molar-refractivity contribution >= 4 is 0 Å². The van der Waals surface area contributed by atoms with Crippen molar-refractivity contribution in [2.45, 2.75) is 12.2 Å². The average molecular weight is 416 g/mol. The van der Waals surface area contributed by atoms with Crippen molar-refractivity contribution in [2.75, 3.05) is 48.8 Å². The van der Waals surface area contributed by atoms with Crippen molar-refractivity contribution in [3.63, 3.8) is 0 Å². The third kappa shape index (κ3) is 3.42. The summed E-state index contributed by atoms with van der Waals surface area (Å²) in [5.41, 5.74) is 2.06. The minimum atomic E-state index is -0.103. The van der Waals surface area contributed by atoms with Crippen LogP contribution in [0.3, 0.4) is 0 Å². The summed E-state index contributed by atoms with van der Waals surface area (Å²) in [6.07, 6.45) is -0.157. The van der Waals surface area contributed by atoms with Gasteiger partial charge in [-0.15, -0.1) is 0 Å². The van der Waals surface area contributed by atoms with Gasteiger partial charge in [-0.05, 0) is 35.4 Å². The molecule has 2 aliphatic heterocycles. The fourth-order valence-corrected chi connectivity index (χ4v) is 4.53. The molecule has 2 aliphatic rings. The lowest BCUT2D eigenvalue weighted by molar-refractivity contribution is 0.0191. The van der Waals surface area contributed by atoms with Crippen LogP contribution in [0.1, 0.15) is 23.3 Å². The molecular weight excluding hydrogens is 388 g/mol. The van der Waals surface area contributed by atoms with Gasteiger partial charge in [0.25, 0.3) is 0 Å². The van der Waals surface area contributed by atoms with Gasteiger partial charge in [0.05, 0.1) is 61.0 Å². The highest BCUT2D eigenvalue weighted by atomic mass is 16.5. The number of hydrogen-bond donors (Lipinski definition) is 0. The topological polar surface area (TPSA) is 64.6 Å². The quantitative estimate of drug-likeness (QED) is 0.680. The van der Waals surface area contributed by atoms with E-state index in [0.29, 0.717) is 42.0 Å². The SMILES string of the molecule is COc1ccc([C@H]2OC[C@H]3[C@@H]2CO[C@H]3c2cc(OC)c(OC)c(OC)c2)cc1OC. The van der Waals surface area contributed by atoms with Crippen molar-refractivity contribution in [1.29, 1.82) is 0 Å². The molecule has 0 bridgehead atoms. The van der Waals surface area contributed by atoms with Crippen LogP contribution in [-0.4, -0.2) is 48.8 Å². The molecule has 30 heavy (non-hydrogen) atoms. The number of rotatable bonds is 7. The van der Waals surface area contributed by atoms with Crippen molar-refractivity contribution in [3.05, 3.63) is 41.5 Å². The van der Waals surface area contributed by atoms with Crippen LogP contribution in [0.4, 0.5) is 0 Å². The van der Waals surface area contributed by atoms with Gasteiger partial charge in [-0.25, -0.2) is 0 Å². The Hall–Kier alpha value is -2.64. The van der Waals surface area contributed by atoms with Gasteiger partial charge >= 0.3 is 0 Å². The van der Waals surface area contributed by atoms with Crippen molar-refractivity contribution in [1.82, 2.24) is 0 Å². The van der Waals surface area contributed by atoms with E-state index in [4.69, 9.17) is 33.2 Å². The maximum absolute atomic E-state index is 6.24. The van der Waals surface area contributed by atoms with Crippen molar-refractivity contribution in [2.24, 2.45) is 11.8 Å². The van der Waals surface area contributed by atoms with Crippen LogP contribution in [0.25, 0.3) is 0 Å². The predicted molar refractivity (Wildman–Crippen MR) is 110 cm³/mol. The van der Waals surface area contributed by atoms with Gasteiger partial charge < -0.3 is 33.2 Å². The van der Waals surface area contributed by atoms with Crippen LogP contribution in [0.2, 0.25) is 0 Å². The molecule has 0 N–H and O–H groups in total. The smallest absolute Gasteiger partial charge is 0.203 e. The van der Waals surface area contributed by atoms with Gasteiger partial charge in [0, 0.05) is 11.8 Å². The van der Waals surface area contributed by atoms with Crippen LogP contribution >= 0.6 is 0 Å². The molecule has 2 aromatic rings. The Morgan fingerprint density at radius 3 is 1.60 bits per heavy atom. The van der Waals surface area contributed by atoms with Gasteiger partial charge in [0.1, 0.15) is 0 Å². The molecule has 162 valence electrons. The second kappa shape index (κ2) is 8.62. The molecule has 2 fully saturated rings. The molecule has 2 aromatic carbocycles. The highest BCUT2D eigenvalue weighted by Crippen LogP contribution is 2.52. The van der Waals surface area contributed by atoms with E-state index in [9.17, 15) is 0 Å². The summed E-state index contributed by atoms with van der Waals surface area (Å²) in [6.45, 7) is 1.23.